The topological polar surface area (TPSA) is 69.3 Å². The van der Waals surface area contributed by atoms with E-state index in [1.165, 1.54) is 0 Å². The molecule has 0 radical (unpaired) electrons. The monoisotopic (exact) mass is 326 g/mol. The minimum Gasteiger partial charge on any atom is -0.345 e. The van der Waals surface area contributed by atoms with Crippen LogP contribution in [-0.2, 0) is 4.79 Å². The number of nitrogens with one attached hydrogen (secondary N) is 1. The zero-order chi connectivity index (χ0) is 16.5. The van der Waals surface area contributed by atoms with Crippen molar-refractivity contribution < 1.29 is 9.59 Å². The van der Waals surface area contributed by atoms with Gasteiger partial charge in [0.25, 0.3) is 5.91 Å². The highest BCUT2D eigenvalue weighted by Gasteiger charge is 2.31. The fraction of sp³-hybridized carbons (Fsp3) is 0.500. The van der Waals surface area contributed by atoms with Crippen LogP contribution in [0.2, 0.25) is 0 Å². The number of piperidine rings is 2. The molecule has 24 heavy (non-hydrogen) atoms. The lowest BCUT2D eigenvalue weighted by Crippen LogP contribution is -2.50. The largest absolute Gasteiger partial charge is 0.345 e. The summed E-state index contributed by atoms with van der Waals surface area (Å²) in [5.41, 5.74) is 2.45. The van der Waals surface area contributed by atoms with Gasteiger partial charge in [0.15, 0.2) is 0 Å². The third-order valence-corrected chi connectivity index (χ3v) is 5.22. The fourth-order valence-corrected chi connectivity index (χ4v) is 3.84. The molecule has 0 saturated carbocycles. The summed E-state index contributed by atoms with van der Waals surface area (Å²) in [7, 11) is 0. The van der Waals surface area contributed by atoms with Crippen molar-refractivity contribution in [3.05, 3.63) is 30.1 Å². The van der Waals surface area contributed by atoms with E-state index in [0.29, 0.717) is 31.1 Å². The number of benzene rings is 1. The molecule has 1 N–H and O–H groups in total. The highest BCUT2D eigenvalue weighted by Crippen LogP contribution is 2.23. The molecule has 0 atom stereocenters. The van der Waals surface area contributed by atoms with Crippen LogP contribution in [0.15, 0.2) is 24.5 Å². The molecule has 0 spiro atoms. The highest BCUT2D eigenvalue weighted by molar-refractivity contribution is 5.97. The minimum absolute atomic E-state index is 0.0647. The first-order valence-electron chi connectivity index (χ1n) is 8.74. The number of amides is 2. The summed E-state index contributed by atoms with van der Waals surface area (Å²) in [5.74, 6) is 0.352. The molecule has 2 saturated heterocycles. The molecule has 1 aromatic heterocycles. The minimum atomic E-state index is 0.0647. The smallest absolute Gasteiger partial charge is 0.253 e. The van der Waals surface area contributed by atoms with E-state index in [4.69, 9.17) is 0 Å². The average molecular weight is 326 g/mol. The van der Waals surface area contributed by atoms with E-state index < -0.39 is 0 Å². The summed E-state index contributed by atoms with van der Waals surface area (Å²) < 4.78 is 0. The lowest BCUT2D eigenvalue weighted by molar-refractivity contribution is -0.136. The van der Waals surface area contributed by atoms with Crippen molar-refractivity contribution in [1.82, 2.24) is 19.8 Å². The number of rotatable bonds is 2. The third kappa shape index (κ3) is 2.77. The summed E-state index contributed by atoms with van der Waals surface area (Å²) in [4.78, 5) is 36.0. The van der Waals surface area contributed by atoms with Gasteiger partial charge in [0.05, 0.1) is 17.4 Å². The SMILES string of the molecule is O=C(c1ccc2nc[nH]c2c1)N1CCC(N2CCCCC2=O)CC1. The van der Waals surface area contributed by atoms with Gasteiger partial charge in [0.1, 0.15) is 0 Å². The van der Waals surface area contributed by atoms with Gasteiger partial charge in [-0.3, -0.25) is 9.59 Å². The Labute approximate surface area is 140 Å². The zero-order valence-corrected chi connectivity index (χ0v) is 13.7. The molecule has 2 aromatic rings. The lowest BCUT2D eigenvalue weighted by Gasteiger charge is -2.40. The molecule has 2 fully saturated rings. The van der Waals surface area contributed by atoms with Crippen LogP contribution in [0.3, 0.4) is 0 Å². The molecular weight excluding hydrogens is 304 g/mol. The van der Waals surface area contributed by atoms with E-state index in [1.54, 1.807) is 6.33 Å². The number of nitrogens with zero attached hydrogens (tertiary/aromatic N) is 3. The number of aromatic nitrogens is 2. The number of aromatic amines is 1. The Hall–Kier alpha value is -2.37. The predicted octanol–water partition coefficient (Wildman–Crippen LogP) is 2.18. The lowest BCUT2D eigenvalue weighted by atomic mass is 9.99. The second-order valence-electron chi connectivity index (χ2n) is 6.70. The number of H-pyrrole nitrogens is 1. The molecule has 6 nitrogen and oxygen atoms in total. The van der Waals surface area contributed by atoms with Gasteiger partial charge in [0, 0.05) is 37.7 Å². The fourth-order valence-electron chi connectivity index (χ4n) is 3.84. The van der Waals surface area contributed by atoms with Crippen LogP contribution in [0, 0.1) is 0 Å². The number of hydrogen-bond donors (Lipinski definition) is 1. The Balaban J connectivity index is 1.41. The first-order chi connectivity index (χ1) is 11.7. The molecule has 3 heterocycles. The molecule has 0 unspecified atom stereocenters. The first-order valence-corrected chi connectivity index (χ1v) is 8.74. The summed E-state index contributed by atoms with van der Waals surface area (Å²) in [5, 5.41) is 0. The molecule has 6 heteroatoms. The van der Waals surface area contributed by atoms with Gasteiger partial charge >= 0.3 is 0 Å². The Bertz CT molecular complexity index is 761. The molecule has 0 aliphatic carbocycles. The molecular formula is C18H22N4O2. The van der Waals surface area contributed by atoms with Crippen molar-refractivity contribution in [3.8, 4) is 0 Å². The number of likely N-dealkylation sites (tertiary alicyclic amines) is 2. The highest BCUT2D eigenvalue weighted by atomic mass is 16.2. The van der Waals surface area contributed by atoms with Gasteiger partial charge < -0.3 is 14.8 Å². The van der Waals surface area contributed by atoms with Gasteiger partial charge in [-0.15, -0.1) is 0 Å². The van der Waals surface area contributed by atoms with Gasteiger partial charge in [-0.25, -0.2) is 4.98 Å². The molecule has 2 aliphatic heterocycles. The Morgan fingerprint density at radius 3 is 2.79 bits per heavy atom. The van der Waals surface area contributed by atoms with Crippen LogP contribution in [-0.4, -0.2) is 57.3 Å². The average Bonchev–Trinajstić information content (AvgIpc) is 3.09. The number of imidazole rings is 1. The zero-order valence-electron chi connectivity index (χ0n) is 13.7. The van der Waals surface area contributed by atoms with Crippen molar-refractivity contribution in [1.29, 1.82) is 0 Å². The van der Waals surface area contributed by atoms with Crippen molar-refractivity contribution in [3.63, 3.8) is 0 Å². The Kier molecular flexibility index (Phi) is 3.96. The normalized spacial score (nSPS) is 19.9. The van der Waals surface area contributed by atoms with Crippen molar-refractivity contribution in [2.75, 3.05) is 19.6 Å². The molecule has 2 amide bonds. The number of fused-ring (bicyclic) bond motifs is 1. The molecule has 0 bridgehead atoms. The van der Waals surface area contributed by atoms with Gasteiger partial charge in [-0.1, -0.05) is 0 Å². The summed E-state index contributed by atoms with van der Waals surface area (Å²) in [6, 6.07) is 5.88. The maximum atomic E-state index is 12.7. The molecule has 4 rings (SSSR count). The van der Waals surface area contributed by atoms with E-state index in [2.05, 4.69) is 9.97 Å². The number of carbonyl (C=O) groups is 2. The van der Waals surface area contributed by atoms with E-state index in [1.807, 2.05) is 28.0 Å². The van der Waals surface area contributed by atoms with E-state index in [9.17, 15) is 9.59 Å². The summed E-state index contributed by atoms with van der Waals surface area (Å²) in [6.45, 7) is 2.32. The van der Waals surface area contributed by atoms with Crippen LogP contribution in [0.4, 0.5) is 0 Å². The first kappa shape index (κ1) is 15.2. The van der Waals surface area contributed by atoms with E-state index in [-0.39, 0.29) is 11.8 Å². The van der Waals surface area contributed by atoms with Gasteiger partial charge in [-0.05, 0) is 43.9 Å². The maximum absolute atomic E-state index is 12.7. The Morgan fingerprint density at radius 2 is 2.00 bits per heavy atom. The second kappa shape index (κ2) is 6.26. The van der Waals surface area contributed by atoms with Gasteiger partial charge in [-0.2, -0.15) is 0 Å². The van der Waals surface area contributed by atoms with E-state index >= 15 is 0 Å². The van der Waals surface area contributed by atoms with Crippen LogP contribution < -0.4 is 0 Å². The van der Waals surface area contributed by atoms with Crippen molar-refractivity contribution >= 4 is 22.8 Å². The number of hydrogen-bond acceptors (Lipinski definition) is 3. The van der Waals surface area contributed by atoms with Crippen LogP contribution in [0.25, 0.3) is 11.0 Å². The molecule has 126 valence electrons. The van der Waals surface area contributed by atoms with Crippen LogP contribution in [0.5, 0.6) is 0 Å². The predicted molar refractivity (Wildman–Crippen MR) is 90.6 cm³/mol. The Morgan fingerprint density at radius 1 is 1.17 bits per heavy atom. The third-order valence-electron chi connectivity index (χ3n) is 5.22. The molecule has 1 aromatic carbocycles. The summed E-state index contributed by atoms with van der Waals surface area (Å²) >= 11 is 0. The van der Waals surface area contributed by atoms with E-state index in [0.717, 1.165) is 43.3 Å². The second-order valence-corrected chi connectivity index (χ2v) is 6.70. The van der Waals surface area contributed by atoms with Crippen LogP contribution >= 0.6 is 0 Å². The van der Waals surface area contributed by atoms with Crippen molar-refractivity contribution in [2.24, 2.45) is 0 Å². The quantitative estimate of drug-likeness (QED) is 0.919. The number of carbonyl (C=O) groups excluding carboxylic acids is 2. The molecule has 2 aliphatic rings. The maximum Gasteiger partial charge on any atom is 0.253 e. The summed E-state index contributed by atoms with van der Waals surface area (Å²) in [6.07, 6.45) is 6.20. The van der Waals surface area contributed by atoms with Crippen molar-refractivity contribution in [2.45, 2.75) is 38.1 Å². The standard InChI is InChI=1S/C18H22N4O2/c23-17-3-1-2-8-22(17)14-6-9-21(10-7-14)18(24)13-4-5-15-16(11-13)20-12-19-15/h4-5,11-12,14H,1-3,6-10H2,(H,19,20). The van der Waals surface area contributed by atoms with Gasteiger partial charge in [0.2, 0.25) is 5.91 Å². The van der Waals surface area contributed by atoms with Crippen LogP contribution in [0.1, 0.15) is 42.5 Å².